The van der Waals surface area contributed by atoms with Crippen molar-refractivity contribution in [2.45, 2.75) is 27.2 Å². The largest absolute Gasteiger partial charge is 0.370 e. The third kappa shape index (κ3) is 2.72. The number of piperidine rings is 1. The third-order valence-electron chi connectivity index (χ3n) is 4.18. The van der Waals surface area contributed by atoms with Crippen molar-refractivity contribution >= 4 is 21.6 Å². The minimum atomic E-state index is 0.289. The summed E-state index contributed by atoms with van der Waals surface area (Å²) in [5.41, 5.74) is 8.78. The second-order valence-corrected chi connectivity index (χ2v) is 6.94. The van der Waals surface area contributed by atoms with Crippen LogP contribution in [0.25, 0.3) is 0 Å². The van der Waals surface area contributed by atoms with Crippen LogP contribution in [0.5, 0.6) is 0 Å². The van der Waals surface area contributed by atoms with Crippen molar-refractivity contribution in [3.8, 4) is 0 Å². The van der Waals surface area contributed by atoms with Gasteiger partial charge in [-0.05, 0) is 64.8 Å². The zero-order valence-corrected chi connectivity index (χ0v) is 13.1. The van der Waals surface area contributed by atoms with Gasteiger partial charge < -0.3 is 10.6 Å². The van der Waals surface area contributed by atoms with Crippen LogP contribution in [0.15, 0.2) is 22.7 Å². The molecule has 1 aromatic rings. The summed E-state index contributed by atoms with van der Waals surface area (Å²) in [6.07, 6.45) is 1.18. The van der Waals surface area contributed by atoms with Gasteiger partial charge in [0.25, 0.3) is 0 Å². The molecule has 0 bridgehead atoms. The normalized spacial score (nSPS) is 23.2. The summed E-state index contributed by atoms with van der Waals surface area (Å²) in [4.78, 5) is 2.48. The molecule has 1 aliphatic rings. The zero-order valence-electron chi connectivity index (χ0n) is 11.5. The average molecular weight is 311 g/mol. The predicted molar refractivity (Wildman–Crippen MR) is 82.0 cm³/mol. The van der Waals surface area contributed by atoms with Crippen molar-refractivity contribution in [3.05, 3.63) is 28.2 Å². The molecule has 100 valence electrons. The zero-order chi connectivity index (χ0) is 13.3. The van der Waals surface area contributed by atoms with Crippen LogP contribution in [0.3, 0.4) is 0 Å². The fourth-order valence-corrected chi connectivity index (χ4v) is 3.66. The lowest BCUT2D eigenvalue weighted by molar-refractivity contribution is 0.182. The van der Waals surface area contributed by atoms with E-state index in [1.807, 2.05) is 0 Å². The van der Waals surface area contributed by atoms with Crippen LogP contribution in [0.1, 0.15) is 25.8 Å². The van der Waals surface area contributed by atoms with Crippen LogP contribution >= 0.6 is 15.9 Å². The van der Waals surface area contributed by atoms with Gasteiger partial charge in [0, 0.05) is 17.6 Å². The number of rotatable bonds is 2. The number of hydrogen-bond acceptors (Lipinski definition) is 2. The molecule has 2 nitrogen and oxygen atoms in total. The Hall–Kier alpha value is -0.540. The molecule has 2 N–H and O–H groups in total. The van der Waals surface area contributed by atoms with E-state index in [-0.39, 0.29) is 5.41 Å². The van der Waals surface area contributed by atoms with Crippen molar-refractivity contribution in [3.63, 3.8) is 0 Å². The van der Waals surface area contributed by atoms with E-state index in [2.05, 4.69) is 59.8 Å². The number of anilines is 1. The highest BCUT2D eigenvalue weighted by atomic mass is 79.9. The lowest BCUT2D eigenvalue weighted by Gasteiger charge is -2.45. The first-order valence-corrected chi connectivity index (χ1v) is 7.44. The Balaban J connectivity index is 2.21. The summed E-state index contributed by atoms with van der Waals surface area (Å²) in [5.74, 6) is 0.637. The van der Waals surface area contributed by atoms with E-state index in [0.29, 0.717) is 5.92 Å². The van der Waals surface area contributed by atoms with Gasteiger partial charge in [0.05, 0.1) is 5.69 Å². The van der Waals surface area contributed by atoms with Gasteiger partial charge in [-0.2, -0.15) is 0 Å². The molecule has 1 fully saturated rings. The minimum absolute atomic E-state index is 0.289. The van der Waals surface area contributed by atoms with Gasteiger partial charge in [-0.3, -0.25) is 0 Å². The van der Waals surface area contributed by atoms with Crippen LogP contribution in [0.2, 0.25) is 0 Å². The SMILES string of the molecule is Cc1ccc(N2CCC(CN)C(C)(C)C2)c(Br)c1. The molecule has 0 spiro atoms. The quantitative estimate of drug-likeness (QED) is 0.905. The maximum absolute atomic E-state index is 5.88. The van der Waals surface area contributed by atoms with Crippen LogP contribution in [0, 0.1) is 18.3 Å². The van der Waals surface area contributed by atoms with Gasteiger partial charge in [-0.25, -0.2) is 0 Å². The van der Waals surface area contributed by atoms with Gasteiger partial charge in [0.2, 0.25) is 0 Å². The number of hydrogen-bond donors (Lipinski definition) is 1. The molecule has 1 aromatic carbocycles. The Labute approximate surface area is 119 Å². The molecular weight excluding hydrogens is 288 g/mol. The monoisotopic (exact) mass is 310 g/mol. The molecule has 18 heavy (non-hydrogen) atoms. The van der Waals surface area contributed by atoms with Crippen molar-refractivity contribution in [1.29, 1.82) is 0 Å². The van der Waals surface area contributed by atoms with E-state index >= 15 is 0 Å². The van der Waals surface area contributed by atoms with Crippen molar-refractivity contribution in [1.82, 2.24) is 0 Å². The molecule has 0 saturated carbocycles. The average Bonchev–Trinajstić information content (AvgIpc) is 2.27. The molecule has 1 atom stereocenters. The first-order valence-electron chi connectivity index (χ1n) is 6.65. The van der Waals surface area contributed by atoms with E-state index in [0.717, 1.165) is 19.6 Å². The van der Waals surface area contributed by atoms with Crippen molar-refractivity contribution < 1.29 is 0 Å². The highest BCUT2D eigenvalue weighted by Gasteiger charge is 2.35. The van der Waals surface area contributed by atoms with E-state index in [1.165, 1.54) is 22.1 Å². The third-order valence-corrected chi connectivity index (χ3v) is 4.81. The van der Waals surface area contributed by atoms with Crippen LogP contribution < -0.4 is 10.6 Å². The molecule has 1 aliphatic heterocycles. The van der Waals surface area contributed by atoms with Crippen LogP contribution in [-0.2, 0) is 0 Å². The smallest absolute Gasteiger partial charge is 0.0511 e. The molecule has 0 aromatic heterocycles. The highest BCUT2D eigenvalue weighted by molar-refractivity contribution is 9.10. The minimum Gasteiger partial charge on any atom is -0.370 e. The lowest BCUT2D eigenvalue weighted by atomic mass is 9.74. The van der Waals surface area contributed by atoms with E-state index in [9.17, 15) is 0 Å². The second kappa shape index (κ2) is 5.22. The molecule has 2 rings (SSSR count). The fourth-order valence-electron chi connectivity index (χ4n) is 2.91. The summed E-state index contributed by atoms with van der Waals surface area (Å²) in [6.45, 7) is 9.77. The molecule has 1 heterocycles. The summed E-state index contributed by atoms with van der Waals surface area (Å²) >= 11 is 3.69. The van der Waals surface area contributed by atoms with Gasteiger partial charge >= 0.3 is 0 Å². The van der Waals surface area contributed by atoms with Gasteiger partial charge in [0.15, 0.2) is 0 Å². The molecule has 1 saturated heterocycles. The maximum Gasteiger partial charge on any atom is 0.0511 e. The predicted octanol–water partition coefficient (Wildman–Crippen LogP) is 3.57. The van der Waals surface area contributed by atoms with Crippen LogP contribution in [0.4, 0.5) is 5.69 Å². The summed E-state index contributed by atoms with van der Waals surface area (Å²) in [7, 11) is 0. The second-order valence-electron chi connectivity index (χ2n) is 6.09. The topological polar surface area (TPSA) is 29.3 Å². The van der Waals surface area contributed by atoms with E-state index in [1.54, 1.807) is 0 Å². The Kier molecular flexibility index (Phi) is 4.02. The number of nitrogens with zero attached hydrogens (tertiary/aromatic N) is 1. The van der Waals surface area contributed by atoms with Crippen LogP contribution in [-0.4, -0.2) is 19.6 Å². The number of aryl methyl sites for hydroxylation is 1. The summed E-state index contributed by atoms with van der Waals surface area (Å²) in [5, 5.41) is 0. The van der Waals surface area contributed by atoms with Crippen molar-refractivity contribution in [2.24, 2.45) is 17.1 Å². The first-order chi connectivity index (χ1) is 8.44. The number of benzene rings is 1. The maximum atomic E-state index is 5.88. The van der Waals surface area contributed by atoms with Gasteiger partial charge in [-0.1, -0.05) is 19.9 Å². The lowest BCUT2D eigenvalue weighted by Crippen LogP contribution is -2.48. The summed E-state index contributed by atoms with van der Waals surface area (Å²) in [6, 6.07) is 6.59. The first kappa shape index (κ1) is 13.9. The molecule has 0 radical (unpaired) electrons. The molecule has 3 heteroatoms. The number of halogens is 1. The Morgan fingerprint density at radius 1 is 1.44 bits per heavy atom. The fraction of sp³-hybridized carbons (Fsp3) is 0.600. The number of nitrogens with two attached hydrogens (primary N) is 1. The van der Waals surface area contributed by atoms with E-state index < -0.39 is 0 Å². The highest BCUT2D eigenvalue weighted by Crippen LogP contribution is 2.38. The Bertz CT molecular complexity index is 429. The van der Waals surface area contributed by atoms with Gasteiger partial charge in [-0.15, -0.1) is 0 Å². The van der Waals surface area contributed by atoms with Crippen molar-refractivity contribution in [2.75, 3.05) is 24.5 Å². The Morgan fingerprint density at radius 2 is 2.17 bits per heavy atom. The van der Waals surface area contributed by atoms with E-state index in [4.69, 9.17) is 5.73 Å². The molecule has 0 aliphatic carbocycles. The standard InChI is InChI=1S/C15H23BrN2/c1-11-4-5-14(13(16)8-11)18-7-6-12(9-17)15(2,3)10-18/h4-5,8,12H,6-7,9-10,17H2,1-3H3. The molecule has 0 amide bonds. The van der Waals surface area contributed by atoms with Gasteiger partial charge in [0.1, 0.15) is 0 Å². The molecular formula is C15H23BrN2. The Morgan fingerprint density at radius 3 is 2.72 bits per heavy atom. The molecule has 1 unspecified atom stereocenters. The summed E-state index contributed by atoms with van der Waals surface area (Å²) < 4.78 is 1.20.